The van der Waals surface area contributed by atoms with Crippen LogP contribution >= 0.6 is 0 Å². The molecule has 0 atom stereocenters. The number of aromatic amines is 1. The van der Waals surface area contributed by atoms with Gasteiger partial charge in [-0.15, -0.1) is 0 Å². The van der Waals surface area contributed by atoms with Crippen LogP contribution in [-0.2, 0) is 16.6 Å². The van der Waals surface area contributed by atoms with E-state index >= 15 is 0 Å². The van der Waals surface area contributed by atoms with Gasteiger partial charge in [-0.25, -0.2) is 8.42 Å². The summed E-state index contributed by atoms with van der Waals surface area (Å²) >= 11 is 0. The van der Waals surface area contributed by atoms with Crippen LogP contribution in [0.1, 0.15) is 19.4 Å². The maximum absolute atomic E-state index is 12.5. The van der Waals surface area contributed by atoms with Crippen molar-refractivity contribution in [3.63, 3.8) is 0 Å². The molecule has 0 aromatic carbocycles. The Labute approximate surface area is 112 Å². The second-order valence-corrected chi connectivity index (χ2v) is 6.33. The van der Waals surface area contributed by atoms with E-state index in [0.29, 0.717) is 6.54 Å². The quantitative estimate of drug-likeness (QED) is 0.898. The van der Waals surface area contributed by atoms with E-state index in [0.717, 1.165) is 5.56 Å². The van der Waals surface area contributed by atoms with Crippen LogP contribution in [0.15, 0.2) is 41.8 Å². The fraction of sp³-hybridized carbons (Fsp3) is 0.333. The van der Waals surface area contributed by atoms with Gasteiger partial charge in [0.1, 0.15) is 4.90 Å². The molecule has 1 N–H and O–H groups in total. The molecule has 0 bridgehead atoms. The molecule has 6 nitrogen and oxygen atoms in total. The summed E-state index contributed by atoms with van der Waals surface area (Å²) in [6.07, 6.45) is 6.02. The van der Waals surface area contributed by atoms with Gasteiger partial charge in [0.05, 0.1) is 6.20 Å². The first kappa shape index (κ1) is 13.7. The summed E-state index contributed by atoms with van der Waals surface area (Å²) in [5, 5.41) is 6.22. The zero-order valence-electron chi connectivity index (χ0n) is 10.8. The van der Waals surface area contributed by atoms with E-state index in [4.69, 9.17) is 0 Å². The Morgan fingerprint density at radius 3 is 2.68 bits per heavy atom. The normalized spacial score (nSPS) is 12.2. The van der Waals surface area contributed by atoms with Gasteiger partial charge in [0.2, 0.25) is 10.0 Å². The van der Waals surface area contributed by atoms with Crippen LogP contribution in [0.5, 0.6) is 0 Å². The molecule has 102 valence electrons. The maximum atomic E-state index is 12.5. The summed E-state index contributed by atoms with van der Waals surface area (Å²) in [6.45, 7) is 3.97. The summed E-state index contributed by atoms with van der Waals surface area (Å²) in [4.78, 5) is 4.17. The van der Waals surface area contributed by atoms with Gasteiger partial charge in [0, 0.05) is 31.2 Å². The first-order valence-electron chi connectivity index (χ1n) is 5.91. The lowest BCUT2D eigenvalue weighted by atomic mass is 10.2. The molecule has 0 saturated heterocycles. The molecule has 0 unspecified atom stereocenters. The smallest absolute Gasteiger partial charge is 0.246 e. The SMILES string of the molecule is CC(C)N(Cc1cccnc1)S(=O)(=O)c1cn[nH]c1. The van der Waals surface area contributed by atoms with Crippen LogP contribution in [0.2, 0.25) is 0 Å². The van der Waals surface area contributed by atoms with Gasteiger partial charge in [-0.2, -0.15) is 9.40 Å². The monoisotopic (exact) mass is 280 g/mol. The summed E-state index contributed by atoms with van der Waals surface area (Å²) < 4.78 is 26.4. The van der Waals surface area contributed by atoms with E-state index in [9.17, 15) is 8.42 Å². The third-order valence-electron chi connectivity index (χ3n) is 2.72. The third-order valence-corrected chi connectivity index (χ3v) is 4.70. The number of nitrogens with zero attached hydrogens (tertiary/aromatic N) is 3. The van der Waals surface area contributed by atoms with Crippen molar-refractivity contribution in [3.05, 3.63) is 42.5 Å². The summed E-state index contributed by atoms with van der Waals surface area (Å²) in [7, 11) is -3.54. The molecule has 2 aromatic rings. The molecule has 0 saturated carbocycles. The number of sulfonamides is 1. The third kappa shape index (κ3) is 2.99. The summed E-state index contributed by atoms with van der Waals surface area (Å²) in [5.74, 6) is 0. The molecular formula is C12H16N4O2S. The first-order valence-corrected chi connectivity index (χ1v) is 7.35. The fourth-order valence-corrected chi connectivity index (χ4v) is 3.26. The summed E-state index contributed by atoms with van der Waals surface area (Å²) in [5.41, 5.74) is 0.850. The Morgan fingerprint density at radius 1 is 1.37 bits per heavy atom. The van der Waals surface area contributed by atoms with Gasteiger partial charge < -0.3 is 0 Å². The van der Waals surface area contributed by atoms with Crippen LogP contribution in [0.25, 0.3) is 0 Å². The van der Waals surface area contributed by atoms with Crippen LogP contribution in [0.4, 0.5) is 0 Å². The highest BCUT2D eigenvalue weighted by Gasteiger charge is 2.27. The Kier molecular flexibility index (Phi) is 3.96. The zero-order valence-corrected chi connectivity index (χ0v) is 11.6. The molecule has 0 amide bonds. The second kappa shape index (κ2) is 5.50. The largest absolute Gasteiger partial charge is 0.284 e. The molecule has 0 radical (unpaired) electrons. The Morgan fingerprint density at radius 2 is 2.16 bits per heavy atom. The van der Waals surface area contributed by atoms with E-state index in [1.165, 1.54) is 16.7 Å². The molecule has 19 heavy (non-hydrogen) atoms. The van der Waals surface area contributed by atoms with Gasteiger partial charge in [-0.3, -0.25) is 10.1 Å². The van der Waals surface area contributed by atoms with Crippen LogP contribution < -0.4 is 0 Å². The molecule has 0 aliphatic carbocycles. The topological polar surface area (TPSA) is 79.0 Å². The standard InChI is InChI=1S/C12H16N4O2S/c1-10(2)16(9-11-4-3-5-13-6-11)19(17,18)12-7-14-15-8-12/h3-8,10H,9H2,1-2H3,(H,14,15). The minimum Gasteiger partial charge on any atom is -0.284 e. The molecule has 0 fully saturated rings. The highest BCUT2D eigenvalue weighted by Crippen LogP contribution is 2.19. The Hall–Kier alpha value is -1.73. The molecule has 0 aliphatic rings. The van der Waals surface area contributed by atoms with Crippen LogP contribution in [-0.4, -0.2) is 33.9 Å². The van der Waals surface area contributed by atoms with E-state index in [-0.39, 0.29) is 10.9 Å². The molecule has 7 heteroatoms. The molecule has 2 aromatic heterocycles. The maximum Gasteiger partial charge on any atom is 0.246 e. The van der Waals surface area contributed by atoms with Gasteiger partial charge in [0.25, 0.3) is 0 Å². The number of hydrogen-bond donors (Lipinski definition) is 1. The van der Waals surface area contributed by atoms with E-state index in [1.54, 1.807) is 18.5 Å². The number of hydrogen-bond acceptors (Lipinski definition) is 4. The van der Waals surface area contributed by atoms with Crippen molar-refractivity contribution in [1.82, 2.24) is 19.5 Å². The fourth-order valence-electron chi connectivity index (χ4n) is 1.73. The van der Waals surface area contributed by atoms with Gasteiger partial charge in [0.15, 0.2) is 0 Å². The number of nitrogens with one attached hydrogen (secondary N) is 1. The lowest BCUT2D eigenvalue weighted by Crippen LogP contribution is -2.36. The average Bonchev–Trinajstić information content (AvgIpc) is 2.91. The predicted molar refractivity (Wildman–Crippen MR) is 70.7 cm³/mol. The lowest BCUT2D eigenvalue weighted by Gasteiger charge is -2.25. The van der Waals surface area contributed by atoms with E-state index in [2.05, 4.69) is 15.2 Å². The average molecular weight is 280 g/mol. The van der Waals surface area contributed by atoms with Crippen molar-refractivity contribution < 1.29 is 8.42 Å². The zero-order chi connectivity index (χ0) is 13.9. The van der Waals surface area contributed by atoms with Crippen molar-refractivity contribution in [1.29, 1.82) is 0 Å². The number of pyridine rings is 1. The molecule has 2 rings (SSSR count). The van der Waals surface area contributed by atoms with Crippen LogP contribution in [0, 0.1) is 0 Å². The van der Waals surface area contributed by atoms with Crippen molar-refractivity contribution in [2.24, 2.45) is 0 Å². The minimum absolute atomic E-state index is 0.153. The van der Waals surface area contributed by atoms with Crippen molar-refractivity contribution in [2.45, 2.75) is 31.3 Å². The number of aromatic nitrogens is 3. The first-order chi connectivity index (χ1) is 9.01. The second-order valence-electron chi connectivity index (χ2n) is 4.44. The Bertz CT molecular complexity index is 608. The number of rotatable bonds is 5. The van der Waals surface area contributed by atoms with Crippen molar-refractivity contribution in [2.75, 3.05) is 0 Å². The molecule has 2 heterocycles. The highest BCUT2D eigenvalue weighted by molar-refractivity contribution is 7.89. The van der Waals surface area contributed by atoms with Crippen molar-refractivity contribution >= 4 is 10.0 Å². The van der Waals surface area contributed by atoms with Crippen LogP contribution in [0.3, 0.4) is 0 Å². The van der Waals surface area contributed by atoms with E-state index in [1.807, 2.05) is 19.9 Å². The summed E-state index contributed by atoms with van der Waals surface area (Å²) in [6, 6.07) is 3.49. The van der Waals surface area contributed by atoms with Gasteiger partial charge in [-0.05, 0) is 25.5 Å². The van der Waals surface area contributed by atoms with Gasteiger partial charge >= 0.3 is 0 Å². The highest BCUT2D eigenvalue weighted by atomic mass is 32.2. The predicted octanol–water partition coefficient (Wildman–Crippen LogP) is 1.40. The van der Waals surface area contributed by atoms with Gasteiger partial charge in [-0.1, -0.05) is 6.07 Å². The lowest BCUT2D eigenvalue weighted by molar-refractivity contribution is 0.348. The number of H-pyrrole nitrogens is 1. The molecule has 0 aliphatic heterocycles. The van der Waals surface area contributed by atoms with E-state index < -0.39 is 10.0 Å². The molecular weight excluding hydrogens is 264 g/mol. The minimum atomic E-state index is -3.54. The Balaban J connectivity index is 2.31. The molecule has 0 spiro atoms. The van der Waals surface area contributed by atoms with Crippen molar-refractivity contribution in [3.8, 4) is 0 Å².